The van der Waals surface area contributed by atoms with Gasteiger partial charge in [-0.3, -0.25) is 0 Å². The largest absolute Gasteiger partial charge is 0.399 e. The Labute approximate surface area is 117 Å². The van der Waals surface area contributed by atoms with Crippen LogP contribution in [0.3, 0.4) is 0 Å². The molecule has 2 aromatic rings. The summed E-state index contributed by atoms with van der Waals surface area (Å²) in [6, 6.07) is 11.7. The van der Waals surface area contributed by atoms with E-state index in [-0.39, 0.29) is 5.75 Å². The van der Waals surface area contributed by atoms with Gasteiger partial charge in [0.15, 0.2) is 9.84 Å². The summed E-state index contributed by atoms with van der Waals surface area (Å²) >= 11 is 6.01. The molecule has 0 heterocycles. The number of hydrogen-bond acceptors (Lipinski definition) is 3. The van der Waals surface area contributed by atoms with Crippen molar-refractivity contribution in [3.05, 3.63) is 58.6 Å². The van der Waals surface area contributed by atoms with Gasteiger partial charge in [0, 0.05) is 10.7 Å². The molecule has 0 fully saturated rings. The van der Waals surface area contributed by atoms with Crippen LogP contribution < -0.4 is 5.73 Å². The van der Waals surface area contributed by atoms with E-state index >= 15 is 0 Å². The van der Waals surface area contributed by atoms with Gasteiger partial charge in [0.2, 0.25) is 0 Å². The van der Waals surface area contributed by atoms with Crippen molar-refractivity contribution >= 4 is 27.1 Å². The van der Waals surface area contributed by atoms with E-state index in [2.05, 4.69) is 0 Å². The van der Waals surface area contributed by atoms with Crippen LogP contribution in [-0.4, -0.2) is 8.42 Å². The monoisotopic (exact) mass is 295 g/mol. The third kappa shape index (κ3) is 3.28. The Morgan fingerprint density at radius 3 is 2.53 bits per heavy atom. The molecule has 0 aliphatic carbocycles. The zero-order valence-electron chi connectivity index (χ0n) is 10.4. The zero-order chi connectivity index (χ0) is 14.0. The summed E-state index contributed by atoms with van der Waals surface area (Å²) < 4.78 is 24.6. The van der Waals surface area contributed by atoms with Gasteiger partial charge in [-0.1, -0.05) is 29.8 Å². The minimum Gasteiger partial charge on any atom is -0.399 e. The van der Waals surface area contributed by atoms with Crippen molar-refractivity contribution in [1.82, 2.24) is 0 Å². The van der Waals surface area contributed by atoms with Crippen LogP contribution >= 0.6 is 11.6 Å². The van der Waals surface area contributed by atoms with Crippen LogP contribution in [0, 0.1) is 6.92 Å². The maximum Gasteiger partial charge on any atom is 0.182 e. The molecule has 0 bridgehead atoms. The highest BCUT2D eigenvalue weighted by atomic mass is 35.5. The number of nitrogen functional groups attached to an aromatic ring is 1. The second-order valence-corrected chi connectivity index (χ2v) is 6.82. The van der Waals surface area contributed by atoms with Crippen molar-refractivity contribution < 1.29 is 8.42 Å². The van der Waals surface area contributed by atoms with E-state index in [9.17, 15) is 8.42 Å². The lowest BCUT2D eigenvalue weighted by molar-refractivity contribution is 0.595. The third-order valence-electron chi connectivity index (χ3n) is 2.77. The van der Waals surface area contributed by atoms with E-state index in [0.717, 1.165) is 5.56 Å². The van der Waals surface area contributed by atoms with Gasteiger partial charge < -0.3 is 5.73 Å². The number of rotatable bonds is 3. The van der Waals surface area contributed by atoms with Crippen molar-refractivity contribution in [2.75, 3.05) is 5.73 Å². The normalized spacial score (nSPS) is 11.5. The molecule has 0 aromatic heterocycles. The van der Waals surface area contributed by atoms with E-state index in [0.29, 0.717) is 21.2 Å². The standard InChI is InChI=1S/C14H14ClNO2S/c1-10-3-2-4-13(7-10)19(17,18)9-11-5-6-12(16)8-14(11)15/h2-8H,9,16H2,1H3. The van der Waals surface area contributed by atoms with Gasteiger partial charge in [-0.2, -0.15) is 0 Å². The second-order valence-electron chi connectivity index (χ2n) is 4.43. The Kier molecular flexibility index (Phi) is 3.83. The fraction of sp³-hybridized carbons (Fsp3) is 0.143. The number of sulfone groups is 1. The van der Waals surface area contributed by atoms with Crippen LogP contribution in [0.25, 0.3) is 0 Å². The van der Waals surface area contributed by atoms with Gasteiger partial charge in [-0.15, -0.1) is 0 Å². The predicted molar refractivity (Wildman–Crippen MR) is 77.9 cm³/mol. The first-order valence-corrected chi connectivity index (χ1v) is 7.75. The Balaban J connectivity index is 2.36. The fourth-order valence-electron chi connectivity index (χ4n) is 1.78. The summed E-state index contributed by atoms with van der Waals surface area (Å²) in [4.78, 5) is 0.306. The van der Waals surface area contributed by atoms with Gasteiger partial charge in [-0.25, -0.2) is 8.42 Å². The third-order valence-corrected chi connectivity index (χ3v) is 4.79. The molecule has 3 nitrogen and oxygen atoms in total. The molecule has 2 aromatic carbocycles. The summed E-state index contributed by atoms with van der Waals surface area (Å²) in [7, 11) is -3.40. The molecule has 0 saturated heterocycles. The first kappa shape index (κ1) is 13.9. The van der Waals surface area contributed by atoms with Gasteiger partial charge in [-0.05, 0) is 42.3 Å². The average Bonchev–Trinajstić information content (AvgIpc) is 2.33. The van der Waals surface area contributed by atoms with Crippen molar-refractivity contribution in [2.24, 2.45) is 0 Å². The molecule has 0 unspecified atom stereocenters. The van der Waals surface area contributed by atoms with Crippen molar-refractivity contribution in [3.8, 4) is 0 Å². The summed E-state index contributed by atoms with van der Waals surface area (Å²) in [5, 5.41) is 0.372. The van der Waals surface area contributed by atoms with E-state index < -0.39 is 9.84 Å². The van der Waals surface area contributed by atoms with E-state index in [1.807, 2.05) is 13.0 Å². The summed E-state index contributed by atoms with van der Waals surface area (Å²) in [5.74, 6) is -0.129. The molecule has 0 atom stereocenters. The van der Waals surface area contributed by atoms with Crippen LogP contribution in [-0.2, 0) is 15.6 Å². The lowest BCUT2D eigenvalue weighted by Crippen LogP contribution is -2.06. The maximum atomic E-state index is 12.3. The molecule has 0 spiro atoms. The summed E-state index contributed by atoms with van der Waals surface area (Å²) in [6.07, 6.45) is 0. The molecule has 0 aliphatic rings. The van der Waals surface area contributed by atoms with Gasteiger partial charge in [0.05, 0.1) is 10.6 Å². The lowest BCUT2D eigenvalue weighted by atomic mass is 10.2. The van der Waals surface area contributed by atoms with Gasteiger partial charge >= 0.3 is 0 Å². The minimum absolute atomic E-state index is 0.129. The van der Waals surface area contributed by atoms with Gasteiger partial charge in [0.25, 0.3) is 0 Å². The van der Waals surface area contributed by atoms with Crippen molar-refractivity contribution in [1.29, 1.82) is 0 Å². The molecule has 2 rings (SSSR count). The molecule has 0 saturated carbocycles. The number of hydrogen-bond donors (Lipinski definition) is 1. The van der Waals surface area contributed by atoms with E-state index in [1.165, 1.54) is 0 Å². The van der Waals surface area contributed by atoms with Crippen LogP contribution in [0.4, 0.5) is 5.69 Å². The quantitative estimate of drug-likeness (QED) is 0.885. The molecule has 0 amide bonds. The Morgan fingerprint density at radius 2 is 1.89 bits per heavy atom. The molecular formula is C14H14ClNO2S. The van der Waals surface area contributed by atoms with Crippen molar-refractivity contribution in [3.63, 3.8) is 0 Å². The molecule has 5 heteroatoms. The number of aryl methyl sites for hydroxylation is 1. The molecule has 100 valence electrons. The molecule has 0 aliphatic heterocycles. The number of anilines is 1. The van der Waals surface area contributed by atoms with Crippen LogP contribution in [0.15, 0.2) is 47.4 Å². The van der Waals surface area contributed by atoms with E-state index in [4.69, 9.17) is 17.3 Å². The summed E-state index contributed by atoms with van der Waals surface area (Å²) in [6.45, 7) is 1.86. The highest BCUT2D eigenvalue weighted by Crippen LogP contribution is 2.24. The Morgan fingerprint density at radius 1 is 1.16 bits per heavy atom. The predicted octanol–water partition coefficient (Wildman–Crippen LogP) is 3.20. The number of benzene rings is 2. The van der Waals surface area contributed by atoms with Crippen LogP contribution in [0.2, 0.25) is 5.02 Å². The zero-order valence-corrected chi connectivity index (χ0v) is 12.0. The highest BCUT2D eigenvalue weighted by molar-refractivity contribution is 7.90. The first-order chi connectivity index (χ1) is 8.88. The van der Waals surface area contributed by atoms with Crippen LogP contribution in [0.1, 0.15) is 11.1 Å². The Hall–Kier alpha value is -1.52. The molecule has 19 heavy (non-hydrogen) atoms. The molecule has 0 radical (unpaired) electrons. The smallest absolute Gasteiger partial charge is 0.182 e. The maximum absolute atomic E-state index is 12.3. The molecular weight excluding hydrogens is 282 g/mol. The van der Waals surface area contributed by atoms with Crippen LogP contribution in [0.5, 0.6) is 0 Å². The summed E-state index contributed by atoms with van der Waals surface area (Å²) in [5.41, 5.74) is 7.56. The number of nitrogens with two attached hydrogens (primary N) is 1. The fourth-order valence-corrected chi connectivity index (χ4v) is 3.59. The lowest BCUT2D eigenvalue weighted by Gasteiger charge is -2.07. The topological polar surface area (TPSA) is 60.2 Å². The highest BCUT2D eigenvalue weighted by Gasteiger charge is 2.17. The minimum atomic E-state index is -3.40. The second kappa shape index (κ2) is 5.23. The number of halogens is 1. The average molecular weight is 296 g/mol. The first-order valence-electron chi connectivity index (χ1n) is 5.72. The molecule has 2 N–H and O–H groups in total. The SMILES string of the molecule is Cc1cccc(S(=O)(=O)Cc2ccc(N)cc2Cl)c1. The Bertz CT molecular complexity index is 711. The van der Waals surface area contributed by atoms with Crippen molar-refractivity contribution in [2.45, 2.75) is 17.6 Å². The van der Waals surface area contributed by atoms with E-state index in [1.54, 1.807) is 36.4 Å². The van der Waals surface area contributed by atoms with Gasteiger partial charge in [0.1, 0.15) is 0 Å².